The van der Waals surface area contributed by atoms with Gasteiger partial charge in [-0.3, -0.25) is 9.78 Å². The molecule has 20 heavy (non-hydrogen) atoms. The Bertz CT molecular complexity index is 494. The second-order valence-corrected chi connectivity index (χ2v) is 6.17. The number of anilines is 1. The van der Waals surface area contributed by atoms with Crippen LogP contribution in [0.4, 0.5) is 5.69 Å². The summed E-state index contributed by atoms with van der Waals surface area (Å²) in [7, 11) is 1.84. The standard InChI is InChI=1S/C16H23N3O/c1-10-7-15(17-2)14(9-18-10)16(20)19-8-13(11-3-4-11)12-5-6-12/h7,9,11-13H,3-6,8H2,1-2H3,(H,17,18)(H,19,20). The first-order valence-electron chi connectivity index (χ1n) is 7.61. The lowest BCUT2D eigenvalue weighted by atomic mass is 9.98. The van der Waals surface area contributed by atoms with E-state index in [1.165, 1.54) is 25.7 Å². The fraction of sp³-hybridized carbons (Fsp3) is 0.625. The second kappa shape index (κ2) is 5.43. The molecule has 2 aliphatic rings. The van der Waals surface area contributed by atoms with Crippen molar-refractivity contribution >= 4 is 11.6 Å². The smallest absolute Gasteiger partial charge is 0.254 e. The van der Waals surface area contributed by atoms with Gasteiger partial charge in [0.15, 0.2) is 0 Å². The van der Waals surface area contributed by atoms with Gasteiger partial charge in [-0.1, -0.05) is 0 Å². The van der Waals surface area contributed by atoms with Gasteiger partial charge < -0.3 is 10.6 Å². The van der Waals surface area contributed by atoms with E-state index in [-0.39, 0.29) is 5.91 Å². The highest BCUT2D eigenvalue weighted by molar-refractivity contribution is 5.99. The first-order chi connectivity index (χ1) is 9.69. The number of nitrogens with zero attached hydrogens (tertiary/aromatic N) is 1. The molecule has 1 aromatic heterocycles. The summed E-state index contributed by atoms with van der Waals surface area (Å²) in [5.41, 5.74) is 2.41. The highest BCUT2D eigenvalue weighted by Crippen LogP contribution is 2.48. The van der Waals surface area contributed by atoms with Crippen molar-refractivity contribution in [2.24, 2.45) is 17.8 Å². The van der Waals surface area contributed by atoms with E-state index in [0.29, 0.717) is 11.5 Å². The Morgan fingerprint density at radius 3 is 2.55 bits per heavy atom. The molecule has 4 heteroatoms. The van der Waals surface area contributed by atoms with Crippen LogP contribution >= 0.6 is 0 Å². The molecule has 2 saturated carbocycles. The molecule has 0 unspecified atom stereocenters. The molecule has 0 aromatic carbocycles. The van der Waals surface area contributed by atoms with Gasteiger partial charge in [-0.25, -0.2) is 0 Å². The number of carbonyl (C=O) groups excluding carboxylic acids is 1. The zero-order chi connectivity index (χ0) is 14.1. The minimum atomic E-state index is -0.00634. The number of carbonyl (C=O) groups is 1. The SMILES string of the molecule is CNc1cc(C)ncc1C(=O)NCC(C1CC1)C1CC1. The van der Waals surface area contributed by atoms with Crippen molar-refractivity contribution in [2.45, 2.75) is 32.6 Å². The number of hydrogen-bond donors (Lipinski definition) is 2. The van der Waals surface area contributed by atoms with E-state index >= 15 is 0 Å². The summed E-state index contributed by atoms with van der Waals surface area (Å²) in [6.45, 7) is 2.75. The third kappa shape index (κ3) is 2.94. The molecular weight excluding hydrogens is 250 g/mol. The maximum atomic E-state index is 12.3. The van der Waals surface area contributed by atoms with Gasteiger partial charge in [-0.05, 0) is 56.4 Å². The molecule has 1 aromatic rings. The molecular formula is C16H23N3O. The van der Waals surface area contributed by atoms with Crippen LogP contribution in [0.25, 0.3) is 0 Å². The Morgan fingerprint density at radius 1 is 1.35 bits per heavy atom. The summed E-state index contributed by atoms with van der Waals surface area (Å²) in [5, 5.41) is 6.19. The Morgan fingerprint density at radius 2 is 2.00 bits per heavy atom. The molecule has 3 rings (SSSR count). The fourth-order valence-corrected chi connectivity index (χ4v) is 3.02. The number of amides is 1. The van der Waals surface area contributed by atoms with Crippen LogP contribution in [0, 0.1) is 24.7 Å². The monoisotopic (exact) mass is 273 g/mol. The molecule has 0 bridgehead atoms. The minimum Gasteiger partial charge on any atom is -0.387 e. The van der Waals surface area contributed by atoms with Crippen LogP contribution in [0.15, 0.2) is 12.3 Å². The molecule has 1 amide bonds. The van der Waals surface area contributed by atoms with Crippen molar-refractivity contribution in [1.29, 1.82) is 0 Å². The van der Waals surface area contributed by atoms with E-state index < -0.39 is 0 Å². The summed E-state index contributed by atoms with van der Waals surface area (Å²) < 4.78 is 0. The predicted octanol–water partition coefficient (Wildman–Crippen LogP) is 2.60. The lowest BCUT2D eigenvalue weighted by Crippen LogP contribution is -2.31. The first kappa shape index (κ1) is 13.4. The molecule has 0 radical (unpaired) electrons. The summed E-state index contributed by atoms with van der Waals surface area (Å²) >= 11 is 0. The van der Waals surface area contributed by atoms with Crippen molar-refractivity contribution < 1.29 is 4.79 Å². The summed E-state index contributed by atoms with van der Waals surface area (Å²) in [5.74, 6) is 2.42. The molecule has 2 fully saturated rings. The number of nitrogens with one attached hydrogen (secondary N) is 2. The van der Waals surface area contributed by atoms with Gasteiger partial charge in [0.2, 0.25) is 0 Å². The Kier molecular flexibility index (Phi) is 3.64. The van der Waals surface area contributed by atoms with Crippen LogP contribution in [0.1, 0.15) is 41.7 Å². The van der Waals surface area contributed by atoms with Crippen molar-refractivity contribution in [2.75, 3.05) is 18.9 Å². The van der Waals surface area contributed by atoms with Crippen molar-refractivity contribution in [3.63, 3.8) is 0 Å². The van der Waals surface area contributed by atoms with E-state index in [1.54, 1.807) is 6.20 Å². The summed E-state index contributed by atoms with van der Waals surface area (Å²) in [4.78, 5) is 16.6. The van der Waals surface area contributed by atoms with Crippen LogP contribution in [-0.4, -0.2) is 24.5 Å². The van der Waals surface area contributed by atoms with Gasteiger partial charge in [0, 0.05) is 25.5 Å². The van der Waals surface area contributed by atoms with Gasteiger partial charge in [0.1, 0.15) is 0 Å². The van der Waals surface area contributed by atoms with Gasteiger partial charge in [0.05, 0.1) is 11.3 Å². The number of pyridine rings is 1. The van der Waals surface area contributed by atoms with E-state index in [1.807, 2.05) is 20.0 Å². The average molecular weight is 273 g/mol. The molecule has 4 nitrogen and oxygen atoms in total. The normalized spacial score (nSPS) is 18.1. The van der Waals surface area contributed by atoms with Crippen LogP contribution in [0.3, 0.4) is 0 Å². The maximum absolute atomic E-state index is 12.3. The summed E-state index contributed by atoms with van der Waals surface area (Å²) in [6.07, 6.45) is 7.07. The van der Waals surface area contributed by atoms with E-state index in [9.17, 15) is 4.79 Å². The molecule has 108 valence electrons. The Balaban J connectivity index is 1.63. The third-order valence-electron chi connectivity index (χ3n) is 4.51. The number of rotatable bonds is 6. The van der Waals surface area contributed by atoms with E-state index in [0.717, 1.165) is 29.8 Å². The van der Waals surface area contributed by atoms with Crippen LogP contribution in [0.5, 0.6) is 0 Å². The molecule has 0 saturated heterocycles. The van der Waals surface area contributed by atoms with Crippen LogP contribution in [-0.2, 0) is 0 Å². The molecule has 0 atom stereocenters. The van der Waals surface area contributed by atoms with Crippen LogP contribution in [0.2, 0.25) is 0 Å². The van der Waals surface area contributed by atoms with Gasteiger partial charge >= 0.3 is 0 Å². The van der Waals surface area contributed by atoms with Crippen molar-refractivity contribution in [3.8, 4) is 0 Å². The van der Waals surface area contributed by atoms with Crippen molar-refractivity contribution in [1.82, 2.24) is 10.3 Å². The molecule has 2 N–H and O–H groups in total. The second-order valence-electron chi connectivity index (χ2n) is 6.17. The molecule has 0 aliphatic heterocycles. The van der Waals surface area contributed by atoms with Gasteiger partial charge in [-0.2, -0.15) is 0 Å². The average Bonchev–Trinajstić information content (AvgIpc) is 3.31. The Hall–Kier alpha value is -1.58. The zero-order valence-electron chi connectivity index (χ0n) is 12.3. The fourth-order valence-electron chi connectivity index (χ4n) is 3.02. The minimum absolute atomic E-state index is 0.00634. The van der Waals surface area contributed by atoms with E-state index in [4.69, 9.17) is 0 Å². The molecule has 2 aliphatic carbocycles. The zero-order valence-corrected chi connectivity index (χ0v) is 12.3. The molecule has 0 spiro atoms. The summed E-state index contributed by atoms with van der Waals surface area (Å²) in [6, 6.07) is 1.91. The third-order valence-corrected chi connectivity index (χ3v) is 4.51. The first-order valence-corrected chi connectivity index (χ1v) is 7.61. The quantitative estimate of drug-likeness (QED) is 0.837. The number of aromatic nitrogens is 1. The highest BCUT2D eigenvalue weighted by atomic mass is 16.1. The van der Waals surface area contributed by atoms with Crippen molar-refractivity contribution in [3.05, 3.63) is 23.5 Å². The van der Waals surface area contributed by atoms with Crippen LogP contribution < -0.4 is 10.6 Å². The van der Waals surface area contributed by atoms with Gasteiger partial charge in [0.25, 0.3) is 5.91 Å². The topological polar surface area (TPSA) is 54.0 Å². The number of aryl methyl sites for hydroxylation is 1. The predicted molar refractivity (Wildman–Crippen MR) is 79.8 cm³/mol. The lowest BCUT2D eigenvalue weighted by Gasteiger charge is -2.17. The van der Waals surface area contributed by atoms with E-state index in [2.05, 4.69) is 15.6 Å². The number of hydrogen-bond acceptors (Lipinski definition) is 3. The largest absolute Gasteiger partial charge is 0.387 e. The molecule has 1 heterocycles. The maximum Gasteiger partial charge on any atom is 0.254 e. The van der Waals surface area contributed by atoms with Gasteiger partial charge in [-0.15, -0.1) is 0 Å². The Labute approximate surface area is 120 Å². The highest BCUT2D eigenvalue weighted by Gasteiger charge is 2.41. The lowest BCUT2D eigenvalue weighted by molar-refractivity contribution is 0.0944.